The van der Waals surface area contributed by atoms with Crippen molar-refractivity contribution in [2.24, 2.45) is 0 Å². The van der Waals surface area contributed by atoms with Gasteiger partial charge < -0.3 is 56.3 Å². The Bertz CT molecular complexity index is 8800. The van der Waals surface area contributed by atoms with Gasteiger partial charge in [0.1, 0.15) is 34.6 Å². The van der Waals surface area contributed by atoms with E-state index >= 15 is 0 Å². The van der Waals surface area contributed by atoms with Crippen LogP contribution < -0.4 is 5.73 Å². The Balaban J connectivity index is 0.0000000939. The zero-order chi connectivity index (χ0) is 98.9. The zero-order valence-electron chi connectivity index (χ0n) is 80.9. The lowest BCUT2D eigenvalue weighted by Gasteiger charge is -2.23. The summed E-state index contributed by atoms with van der Waals surface area (Å²) in [7, 11) is 0. The highest BCUT2D eigenvalue weighted by Crippen LogP contribution is 2.47. The van der Waals surface area contributed by atoms with Gasteiger partial charge in [-0.3, -0.25) is 30.1 Å². The first-order chi connectivity index (χ1) is 71.5. The lowest BCUT2D eigenvalue weighted by molar-refractivity contribution is 0.0696. The normalized spacial score (nSPS) is 13.7. The molecular formula is C123H106N16O7. The number of phenols is 5. The summed E-state index contributed by atoms with van der Waals surface area (Å²) >= 11 is 0. The van der Waals surface area contributed by atoms with E-state index in [1.54, 1.807) is 60.7 Å². The Kier molecular flexibility index (Phi) is 23.9. The average Bonchev–Trinajstić information content (AvgIpc) is 1.07. The second-order valence-electron chi connectivity index (χ2n) is 39.0. The van der Waals surface area contributed by atoms with Gasteiger partial charge in [0.2, 0.25) is 0 Å². The molecule has 0 spiro atoms. The number of nitrogens with zero attached hydrogens (tertiary/aromatic N) is 9. The Morgan fingerprint density at radius 1 is 0.295 bits per heavy atom. The van der Waals surface area contributed by atoms with Gasteiger partial charge in [-0.05, 0) is 431 Å². The molecule has 5 aliphatic carbocycles. The van der Waals surface area contributed by atoms with Gasteiger partial charge in [-0.2, -0.15) is 10.2 Å². The van der Waals surface area contributed by atoms with Gasteiger partial charge in [0.05, 0.1) is 73.5 Å². The van der Waals surface area contributed by atoms with E-state index in [4.69, 9.17) is 20.8 Å². The number of nitrogens with one attached hydrogen (secondary N) is 6. The Morgan fingerprint density at radius 2 is 0.616 bits per heavy atom. The van der Waals surface area contributed by atoms with Crippen molar-refractivity contribution < 1.29 is 35.4 Å². The summed E-state index contributed by atoms with van der Waals surface area (Å²) in [4.78, 5) is 57.6. The second kappa shape index (κ2) is 38.3. The van der Waals surface area contributed by atoms with Crippen molar-refractivity contribution in [2.45, 2.75) is 149 Å². The SMILES string of the molecule is CCc1c(C)c(-c2ccc(O)cc2)[nH]c2ccc3nccc3c12.Nc1ccc(-c2nc3ccc4[nH]ncc4c3c3c2CCCC3)cn1.O=C(O)c1ccc(-c2[nH]c3ccc4nccc4c3c3c2CCCC3)cc1.Oc1cc(O)cc(-c2[nH]c3ccc4nccc4c3c3c2CCCC3)c1.Oc1ccc(-c2[nH]c3ccc4nccc4c3c3c2CCCC3)cc1.Oc1ccc(-c2nc3ccc4[nH]ncc4c3c3c2CCCC3)cc1. The lowest BCUT2D eigenvalue weighted by Crippen LogP contribution is -2.08. The number of hydrogen-bond donors (Lipinski definition) is 13. The van der Waals surface area contributed by atoms with Gasteiger partial charge in [0, 0.05) is 163 Å². The molecule has 0 radical (unpaired) electrons. The van der Waals surface area contributed by atoms with Crippen molar-refractivity contribution in [2.75, 3.05) is 5.73 Å². The summed E-state index contributed by atoms with van der Waals surface area (Å²) < 4.78 is 0. The molecular weight excluding hydrogens is 1810 g/mol. The molecule has 0 fully saturated rings. The van der Waals surface area contributed by atoms with Crippen molar-refractivity contribution >= 4 is 143 Å². The smallest absolute Gasteiger partial charge is 0.335 e. The first-order valence-electron chi connectivity index (χ1n) is 50.7. The molecule has 23 nitrogen and oxygen atoms in total. The molecule has 29 rings (SSSR count). The van der Waals surface area contributed by atoms with E-state index in [1.807, 2.05) is 116 Å². The molecule has 23 heteroatoms. The Hall–Kier alpha value is -17.6. The number of carboxylic acids is 1. The van der Waals surface area contributed by atoms with Crippen LogP contribution in [0, 0.1) is 6.92 Å². The average molecular weight is 1920 g/mol. The van der Waals surface area contributed by atoms with E-state index in [1.165, 1.54) is 201 Å². The quantitative estimate of drug-likeness (QED) is 0.0672. The van der Waals surface area contributed by atoms with Gasteiger partial charge >= 0.3 is 5.97 Å². The molecule has 5 aliphatic rings. The van der Waals surface area contributed by atoms with E-state index < -0.39 is 5.97 Å². The molecule has 13 heterocycles. The number of anilines is 1. The topological polar surface area (TPSA) is 375 Å². The fourth-order valence-electron chi connectivity index (χ4n) is 23.6. The van der Waals surface area contributed by atoms with Crippen LogP contribution in [-0.2, 0) is 70.6 Å². The van der Waals surface area contributed by atoms with Crippen LogP contribution in [-0.4, -0.2) is 112 Å². The standard InChI is InChI=1S/C22H18N2O2.C21H18N2O2.C21H18N2O.C20H17N3O.C20H18N2O.C19H17N5/c25-22(26)14-7-5-13(6-8-14)21-16-4-2-1-3-15(16)20-17-11-12-23-18(17)9-10-19(20)24-21;24-13-9-12(10-14(25)11-13)21-16-4-2-1-3-15(16)20-17-7-8-22-18(17)5-6-19(20)23-21;24-14-7-5-13(6-8-14)21-16-4-2-1-3-15(16)20-17-11-12-22-18(17)9-10-19(20)23-21;24-13-7-5-12(6-8-13)20-15-4-2-1-3-14(15)19-16-11-21-23-17(16)9-10-18(19)22-20;1-3-15-12(2)20(13-4-6-14(23)7-5-13)22-18-9-8-17-16(19(15)18)10-11-21-17;20-17-8-5-11(9-21-17)19-13-4-2-1-3-12(13)18-14-10-22-24-15(14)6-7-16(18)23-19/h5-12,24H,1-4H2,(H,25,26);5-11,23-25H,1-4H2;5-12,23-24H,1-4H2;5-11,24H,1-4H2,(H,21,23);4-11,22-23H,3H2,1-2H3;5-10H,1-4H2,(H2,20,21)(H,22,24). The molecule has 14 N–H and O–H groups in total. The van der Waals surface area contributed by atoms with Crippen LogP contribution in [0.3, 0.4) is 0 Å². The molecule has 0 atom stereocenters. The maximum absolute atomic E-state index is 11.1. The molecule has 146 heavy (non-hydrogen) atoms. The number of nitrogens with two attached hydrogens (primary N) is 1. The number of aromatic carboxylic acids is 1. The van der Waals surface area contributed by atoms with Gasteiger partial charge in [-0.15, -0.1) is 0 Å². The minimum Gasteiger partial charge on any atom is -0.508 e. The largest absolute Gasteiger partial charge is 0.508 e. The van der Waals surface area contributed by atoms with Crippen molar-refractivity contribution in [3.63, 3.8) is 0 Å². The number of fused-ring (bicyclic) bond motifs is 28. The van der Waals surface area contributed by atoms with Crippen molar-refractivity contribution in [1.29, 1.82) is 0 Å². The first kappa shape index (κ1) is 90.9. The molecule has 720 valence electrons. The number of phenolic OH excluding ortho intramolecular Hbond substituents is 5. The summed E-state index contributed by atoms with van der Waals surface area (Å²) in [6, 6.07) is 71.3. The number of aromatic hydroxyl groups is 5. The summed E-state index contributed by atoms with van der Waals surface area (Å²) in [6.07, 6.45) is 36.8. The van der Waals surface area contributed by atoms with Crippen LogP contribution in [0.2, 0.25) is 0 Å². The second-order valence-corrected chi connectivity index (χ2v) is 39.0. The number of pyridine rings is 7. The first-order valence-corrected chi connectivity index (χ1v) is 50.7. The predicted molar refractivity (Wildman–Crippen MR) is 585 cm³/mol. The number of nitrogen functional groups attached to an aromatic ring is 1. The van der Waals surface area contributed by atoms with Crippen LogP contribution in [0.4, 0.5) is 5.82 Å². The number of carbonyl (C=O) groups is 1. The molecule has 0 aliphatic heterocycles. The van der Waals surface area contributed by atoms with Crippen molar-refractivity contribution in [3.8, 4) is 96.3 Å². The molecule has 24 aromatic rings. The third kappa shape index (κ3) is 16.9. The summed E-state index contributed by atoms with van der Waals surface area (Å²) in [5.74, 6) is 0.659. The number of aryl methyl sites for hydroxylation is 6. The molecule has 11 aromatic carbocycles. The van der Waals surface area contributed by atoms with Crippen LogP contribution in [0.15, 0.2) is 268 Å². The van der Waals surface area contributed by atoms with E-state index in [0.717, 1.165) is 205 Å². The predicted octanol–water partition coefficient (Wildman–Crippen LogP) is 27.6. The third-order valence-electron chi connectivity index (χ3n) is 30.3. The number of rotatable bonds is 8. The Morgan fingerprint density at radius 3 is 1.01 bits per heavy atom. The lowest BCUT2D eigenvalue weighted by atomic mass is 9.85. The highest BCUT2D eigenvalue weighted by Gasteiger charge is 2.29. The number of carboxylic acid groups (broad SMARTS) is 1. The summed E-state index contributed by atoms with van der Waals surface area (Å²) in [6.45, 7) is 4.35. The van der Waals surface area contributed by atoms with E-state index in [2.05, 4.69) is 164 Å². The minimum absolute atomic E-state index is 0.0729. The Labute approximate surface area is 838 Å². The van der Waals surface area contributed by atoms with E-state index in [9.17, 15) is 30.3 Å². The van der Waals surface area contributed by atoms with Gasteiger partial charge in [-0.1, -0.05) is 19.1 Å². The third-order valence-corrected chi connectivity index (χ3v) is 30.3. The zero-order valence-corrected chi connectivity index (χ0v) is 80.9. The molecule has 0 saturated carbocycles. The maximum atomic E-state index is 11.1. The van der Waals surface area contributed by atoms with Gasteiger partial charge in [0.25, 0.3) is 0 Å². The highest BCUT2D eigenvalue weighted by molar-refractivity contribution is 6.14. The van der Waals surface area contributed by atoms with Crippen molar-refractivity contribution in [3.05, 3.63) is 340 Å². The fourth-order valence-corrected chi connectivity index (χ4v) is 23.6. The monoisotopic (exact) mass is 1920 g/mol. The molecule has 0 unspecified atom stereocenters. The van der Waals surface area contributed by atoms with Crippen LogP contribution >= 0.6 is 0 Å². The molecule has 13 aromatic heterocycles. The number of benzene rings is 11. The summed E-state index contributed by atoms with van der Waals surface area (Å²) in [5.41, 5.74) is 48.0. The van der Waals surface area contributed by atoms with Crippen LogP contribution in [0.1, 0.15) is 148 Å². The molecule has 0 bridgehead atoms. The summed E-state index contributed by atoms with van der Waals surface area (Å²) in [5, 5.41) is 87.0. The van der Waals surface area contributed by atoms with Crippen molar-refractivity contribution in [1.82, 2.24) is 75.2 Å². The molecule has 0 saturated heterocycles. The number of hydrogen-bond acceptors (Lipinski definition) is 16. The highest BCUT2D eigenvalue weighted by atomic mass is 16.4. The van der Waals surface area contributed by atoms with Crippen LogP contribution in [0.5, 0.6) is 28.7 Å². The number of aromatic amines is 6. The molecule has 0 amide bonds. The van der Waals surface area contributed by atoms with Crippen LogP contribution in [0.25, 0.3) is 198 Å². The van der Waals surface area contributed by atoms with Gasteiger partial charge in [-0.25, -0.2) is 19.7 Å². The van der Waals surface area contributed by atoms with Gasteiger partial charge in [0.15, 0.2) is 0 Å². The number of aromatic nitrogens is 15. The van der Waals surface area contributed by atoms with E-state index in [-0.39, 0.29) is 23.0 Å². The minimum atomic E-state index is -0.896. The maximum Gasteiger partial charge on any atom is 0.335 e. The van der Waals surface area contributed by atoms with E-state index in [0.29, 0.717) is 17.1 Å². The number of H-pyrrole nitrogens is 6. The fraction of sp³-hybridized carbons (Fsp3) is 0.187.